The molecule has 0 bridgehead atoms. The number of unbranched alkanes of at least 4 members (excludes halogenated alkanes) is 8. The molecule has 0 saturated heterocycles. The van der Waals surface area contributed by atoms with E-state index in [9.17, 15) is 14.7 Å². The van der Waals surface area contributed by atoms with Crippen molar-refractivity contribution in [3.05, 3.63) is 47.5 Å². The Labute approximate surface area is 329 Å². The van der Waals surface area contributed by atoms with Crippen molar-refractivity contribution in [2.45, 2.75) is 196 Å². The number of esters is 2. The van der Waals surface area contributed by atoms with Gasteiger partial charge in [-0.2, -0.15) is 0 Å². The van der Waals surface area contributed by atoms with E-state index in [1.165, 1.54) is 50.5 Å². The number of ether oxygens (including phenoxy) is 2. The normalized spacial score (nSPS) is 37.8. The van der Waals surface area contributed by atoms with Crippen LogP contribution in [0.1, 0.15) is 183 Å². The molecule has 0 aromatic heterocycles. The maximum absolute atomic E-state index is 14.4. The van der Waals surface area contributed by atoms with Crippen molar-refractivity contribution < 1.29 is 24.2 Å². The number of aliphatic hydroxyl groups is 1. The van der Waals surface area contributed by atoms with Gasteiger partial charge in [0.2, 0.25) is 0 Å². The number of benzene rings is 1. The van der Waals surface area contributed by atoms with Crippen LogP contribution in [0.3, 0.4) is 0 Å². The summed E-state index contributed by atoms with van der Waals surface area (Å²) in [5.41, 5.74) is 1.83. The third-order valence-electron chi connectivity index (χ3n) is 16.9. The monoisotopic (exact) mass is 745 g/mol. The Hall–Kier alpha value is -2.14. The van der Waals surface area contributed by atoms with Gasteiger partial charge in [0.15, 0.2) is 0 Å². The molecular weight excluding hydrogens is 669 g/mol. The second-order valence-corrected chi connectivity index (χ2v) is 21.0. The molecule has 5 heteroatoms. The Morgan fingerprint density at radius 1 is 0.778 bits per heavy atom. The molecule has 302 valence electrons. The molecule has 0 unspecified atom stereocenters. The van der Waals surface area contributed by atoms with Gasteiger partial charge in [-0.3, -0.25) is 9.59 Å². The lowest BCUT2D eigenvalue weighted by Crippen LogP contribution is -2.67. The zero-order chi connectivity index (χ0) is 39.0. The lowest BCUT2D eigenvalue weighted by Gasteiger charge is -2.71. The average Bonchev–Trinajstić information content (AvgIpc) is 3.12. The summed E-state index contributed by atoms with van der Waals surface area (Å²) >= 11 is 0. The average molecular weight is 745 g/mol. The van der Waals surface area contributed by atoms with Crippen LogP contribution in [0.25, 0.3) is 0 Å². The summed E-state index contributed by atoms with van der Waals surface area (Å²) in [6.07, 6.45) is 21.5. The van der Waals surface area contributed by atoms with Gasteiger partial charge in [-0.05, 0) is 115 Å². The number of allylic oxidation sites excluding steroid dienone is 2. The molecule has 1 aromatic rings. The molecule has 5 aliphatic carbocycles. The van der Waals surface area contributed by atoms with E-state index in [-0.39, 0.29) is 44.9 Å². The third kappa shape index (κ3) is 7.51. The van der Waals surface area contributed by atoms with Crippen LogP contribution in [0.4, 0.5) is 0 Å². The first kappa shape index (κ1) is 41.5. The van der Waals surface area contributed by atoms with E-state index < -0.39 is 17.6 Å². The summed E-state index contributed by atoms with van der Waals surface area (Å²) in [7, 11) is 0. The van der Waals surface area contributed by atoms with Crippen molar-refractivity contribution in [2.75, 3.05) is 0 Å². The van der Waals surface area contributed by atoms with Crippen molar-refractivity contribution in [3.63, 3.8) is 0 Å². The minimum atomic E-state index is -0.668. The molecule has 0 heterocycles. The standard InChI is InChI=1S/C49H76O5/c1-9-10-11-12-13-14-15-16-20-23-41(50)54-38-33-46(6)39(45(4,5)42(38)51)26-27-48(8)40(46)25-24-36-37-32-44(2,3)28-30-49(37,31-29-47(36,48)7)43(52)53-34-35-21-18-17-19-22-35/h17-19,21-22,24,37-40,42,51H,9-16,20,23,25-34H2,1-8H3/t37-,38+,39-,40+,42-,46-,47+,48+,49-/m0/s1. The van der Waals surface area contributed by atoms with Gasteiger partial charge in [0.1, 0.15) is 12.7 Å². The Morgan fingerprint density at radius 2 is 1.43 bits per heavy atom. The van der Waals surface area contributed by atoms with Gasteiger partial charge in [0.05, 0.1) is 11.5 Å². The predicted molar refractivity (Wildman–Crippen MR) is 218 cm³/mol. The Morgan fingerprint density at radius 3 is 2.11 bits per heavy atom. The van der Waals surface area contributed by atoms with Crippen LogP contribution in [0, 0.1) is 50.2 Å². The fraction of sp³-hybridized carbons (Fsp3) is 0.796. The van der Waals surface area contributed by atoms with Gasteiger partial charge in [-0.1, -0.05) is 149 Å². The first-order valence-corrected chi connectivity index (χ1v) is 22.3. The van der Waals surface area contributed by atoms with E-state index in [2.05, 4.69) is 61.5 Å². The van der Waals surface area contributed by atoms with Gasteiger partial charge in [-0.25, -0.2) is 0 Å². The second kappa shape index (κ2) is 16.0. The van der Waals surface area contributed by atoms with E-state index in [1.807, 2.05) is 30.3 Å². The van der Waals surface area contributed by atoms with Crippen LogP contribution >= 0.6 is 0 Å². The molecule has 0 aliphatic heterocycles. The van der Waals surface area contributed by atoms with Crippen molar-refractivity contribution >= 4 is 11.9 Å². The van der Waals surface area contributed by atoms with Gasteiger partial charge in [0, 0.05) is 6.42 Å². The summed E-state index contributed by atoms with van der Waals surface area (Å²) in [6.45, 7) is 19.4. The summed E-state index contributed by atoms with van der Waals surface area (Å²) in [5, 5.41) is 11.9. The molecule has 0 amide bonds. The minimum absolute atomic E-state index is 0.00725. The molecule has 0 radical (unpaired) electrons. The van der Waals surface area contributed by atoms with Crippen molar-refractivity contribution in [2.24, 2.45) is 50.2 Å². The number of hydrogen-bond acceptors (Lipinski definition) is 5. The van der Waals surface area contributed by atoms with Crippen LogP contribution in [0.2, 0.25) is 0 Å². The van der Waals surface area contributed by atoms with Crippen LogP contribution in [-0.2, 0) is 25.7 Å². The third-order valence-corrected chi connectivity index (χ3v) is 16.9. The van der Waals surface area contributed by atoms with Gasteiger partial charge < -0.3 is 14.6 Å². The van der Waals surface area contributed by atoms with E-state index in [0.717, 1.165) is 76.2 Å². The zero-order valence-electron chi connectivity index (χ0n) is 35.6. The van der Waals surface area contributed by atoms with Crippen LogP contribution in [-0.4, -0.2) is 29.3 Å². The Kier molecular flexibility index (Phi) is 12.3. The smallest absolute Gasteiger partial charge is 0.313 e. The molecule has 4 saturated carbocycles. The quantitative estimate of drug-likeness (QED) is 0.117. The molecular formula is C49H76O5. The summed E-state index contributed by atoms with van der Waals surface area (Å²) in [6, 6.07) is 10.1. The molecule has 0 spiro atoms. The molecule has 54 heavy (non-hydrogen) atoms. The van der Waals surface area contributed by atoms with E-state index in [4.69, 9.17) is 9.47 Å². The Balaban J connectivity index is 1.20. The van der Waals surface area contributed by atoms with Gasteiger partial charge >= 0.3 is 11.9 Å². The predicted octanol–water partition coefficient (Wildman–Crippen LogP) is 12.3. The van der Waals surface area contributed by atoms with E-state index in [1.54, 1.807) is 0 Å². The Bertz CT molecular complexity index is 1490. The largest absolute Gasteiger partial charge is 0.460 e. The van der Waals surface area contributed by atoms with Crippen molar-refractivity contribution in [3.8, 4) is 0 Å². The van der Waals surface area contributed by atoms with E-state index >= 15 is 0 Å². The first-order valence-electron chi connectivity index (χ1n) is 22.3. The topological polar surface area (TPSA) is 72.8 Å². The fourth-order valence-corrected chi connectivity index (χ4v) is 13.5. The maximum Gasteiger partial charge on any atom is 0.313 e. The fourth-order valence-electron chi connectivity index (χ4n) is 13.5. The molecule has 1 aromatic carbocycles. The highest BCUT2D eigenvalue weighted by Gasteiger charge is 2.70. The lowest BCUT2D eigenvalue weighted by atomic mass is 9.33. The van der Waals surface area contributed by atoms with Crippen LogP contribution in [0.5, 0.6) is 0 Å². The van der Waals surface area contributed by atoms with Crippen LogP contribution < -0.4 is 0 Å². The number of aliphatic hydroxyl groups excluding tert-OH is 1. The second-order valence-electron chi connectivity index (χ2n) is 21.0. The van der Waals surface area contributed by atoms with Crippen molar-refractivity contribution in [1.29, 1.82) is 0 Å². The summed E-state index contributed by atoms with van der Waals surface area (Å²) in [4.78, 5) is 27.7. The highest BCUT2D eigenvalue weighted by Crippen LogP contribution is 2.76. The SMILES string of the molecule is CCCCCCCCCCCC(=O)O[C@@H]1C[C@]2(C)[C@H]3CC=C4[C@@H]5CC(C)(C)CC[C@]5(C(=O)OCc5ccccc5)CC[C@@]4(C)[C@]3(C)CC[C@H]2C(C)(C)[C@H]1O. The summed E-state index contributed by atoms with van der Waals surface area (Å²) in [5.74, 6) is 0.794. The van der Waals surface area contributed by atoms with E-state index in [0.29, 0.717) is 24.9 Å². The molecule has 4 fully saturated rings. The highest BCUT2D eigenvalue weighted by atomic mass is 16.6. The zero-order valence-corrected chi connectivity index (χ0v) is 35.6. The molecule has 9 atom stereocenters. The molecule has 1 N–H and O–H groups in total. The number of carbonyl (C=O) groups is 2. The number of hydrogen-bond donors (Lipinski definition) is 1. The molecule has 5 nitrogen and oxygen atoms in total. The first-order chi connectivity index (χ1) is 25.5. The lowest BCUT2D eigenvalue weighted by molar-refractivity contribution is -0.238. The maximum atomic E-state index is 14.4. The molecule has 5 aliphatic rings. The minimum Gasteiger partial charge on any atom is -0.460 e. The number of fused-ring (bicyclic) bond motifs is 7. The number of rotatable bonds is 14. The van der Waals surface area contributed by atoms with Gasteiger partial charge in [-0.15, -0.1) is 0 Å². The van der Waals surface area contributed by atoms with Gasteiger partial charge in [0.25, 0.3) is 0 Å². The molecule has 6 rings (SSSR count). The summed E-state index contributed by atoms with van der Waals surface area (Å²) < 4.78 is 12.5. The highest BCUT2D eigenvalue weighted by molar-refractivity contribution is 5.79. The van der Waals surface area contributed by atoms with Crippen LogP contribution in [0.15, 0.2) is 42.0 Å². The van der Waals surface area contributed by atoms with Crippen molar-refractivity contribution in [1.82, 2.24) is 0 Å². The number of carbonyl (C=O) groups excluding carboxylic acids is 2.